The lowest BCUT2D eigenvalue weighted by atomic mass is 9.98. The third kappa shape index (κ3) is 4.32. The maximum atomic E-state index is 11.6. The lowest BCUT2D eigenvalue weighted by molar-refractivity contribution is -0.555. The number of quaternary nitrogens is 1. The normalized spacial score (nSPS) is 15.5. The molecular formula is C19H25N7OS+2. The van der Waals surface area contributed by atoms with E-state index in [4.69, 9.17) is 16.6 Å². The van der Waals surface area contributed by atoms with Crippen molar-refractivity contribution in [3.8, 4) is 0 Å². The Morgan fingerprint density at radius 2 is 2.07 bits per heavy atom. The van der Waals surface area contributed by atoms with Crippen molar-refractivity contribution in [1.82, 2.24) is 9.97 Å². The molecule has 0 bridgehead atoms. The van der Waals surface area contributed by atoms with Crippen LogP contribution in [0.1, 0.15) is 16.8 Å². The van der Waals surface area contributed by atoms with Gasteiger partial charge in [-0.2, -0.15) is 0 Å². The molecule has 1 aromatic heterocycles. The summed E-state index contributed by atoms with van der Waals surface area (Å²) in [6.07, 6.45) is 4.65. The quantitative estimate of drug-likeness (QED) is 0.343. The van der Waals surface area contributed by atoms with E-state index in [1.165, 1.54) is 12.5 Å². The molecule has 1 aliphatic rings. The van der Waals surface area contributed by atoms with Crippen LogP contribution < -0.4 is 21.4 Å². The van der Waals surface area contributed by atoms with Gasteiger partial charge in [0.15, 0.2) is 0 Å². The maximum absolute atomic E-state index is 11.6. The number of aromatic nitrogens is 2. The molecule has 2 aromatic rings. The van der Waals surface area contributed by atoms with E-state index in [1.807, 2.05) is 36.8 Å². The SMILES string of the molecule is C[NH2+]/C=C(\C=N)c1ccc(N)c(C(=[NH2+])c2cc(N3CCS(=O)CC3)ncn2)c1. The molecule has 2 heterocycles. The van der Waals surface area contributed by atoms with Crippen LogP contribution in [0, 0.1) is 5.41 Å². The van der Waals surface area contributed by atoms with E-state index in [2.05, 4.69) is 14.9 Å². The van der Waals surface area contributed by atoms with E-state index in [-0.39, 0.29) is 0 Å². The van der Waals surface area contributed by atoms with Crippen LogP contribution in [-0.2, 0) is 10.8 Å². The molecule has 0 unspecified atom stereocenters. The molecular weight excluding hydrogens is 374 g/mol. The molecule has 0 spiro atoms. The van der Waals surface area contributed by atoms with Gasteiger partial charge in [0.05, 0.1) is 18.2 Å². The number of nitrogens with zero attached hydrogens (tertiary/aromatic N) is 3. The topological polar surface area (TPSA) is 138 Å². The van der Waals surface area contributed by atoms with Gasteiger partial charge in [0.1, 0.15) is 24.0 Å². The third-order valence-electron chi connectivity index (χ3n) is 4.61. The molecule has 0 radical (unpaired) electrons. The molecule has 0 aliphatic carbocycles. The van der Waals surface area contributed by atoms with Crippen LogP contribution >= 0.6 is 0 Å². The molecule has 1 aliphatic heterocycles. The summed E-state index contributed by atoms with van der Waals surface area (Å²) in [4.78, 5) is 10.7. The predicted octanol–water partition coefficient (Wildman–Crippen LogP) is -1.59. The van der Waals surface area contributed by atoms with Gasteiger partial charge < -0.3 is 21.4 Å². The summed E-state index contributed by atoms with van der Waals surface area (Å²) in [6, 6.07) is 7.36. The second-order valence-corrected chi connectivity index (χ2v) is 8.11. The molecule has 7 N–H and O–H groups in total. The van der Waals surface area contributed by atoms with Gasteiger partial charge in [-0.15, -0.1) is 0 Å². The zero-order valence-electron chi connectivity index (χ0n) is 15.8. The van der Waals surface area contributed by atoms with Crippen LogP contribution in [0.25, 0.3) is 5.57 Å². The lowest BCUT2D eigenvalue weighted by Gasteiger charge is -2.27. The Morgan fingerprint density at radius 1 is 1.32 bits per heavy atom. The van der Waals surface area contributed by atoms with E-state index in [0.717, 1.165) is 17.0 Å². The van der Waals surface area contributed by atoms with Crippen LogP contribution in [0.2, 0.25) is 0 Å². The molecule has 9 heteroatoms. The van der Waals surface area contributed by atoms with Crippen molar-refractivity contribution in [3.05, 3.63) is 53.6 Å². The fourth-order valence-corrected chi connectivity index (χ4v) is 4.10. The summed E-state index contributed by atoms with van der Waals surface area (Å²) in [5.74, 6) is 2.04. The molecule has 0 saturated carbocycles. The second-order valence-electron chi connectivity index (χ2n) is 6.41. The summed E-state index contributed by atoms with van der Waals surface area (Å²) in [5.41, 5.74) is 10.0. The number of nitrogen functional groups attached to an aromatic ring is 1. The highest BCUT2D eigenvalue weighted by molar-refractivity contribution is 7.85. The van der Waals surface area contributed by atoms with Gasteiger partial charge >= 0.3 is 0 Å². The second kappa shape index (κ2) is 8.85. The average Bonchev–Trinajstić information content (AvgIpc) is 2.72. The fourth-order valence-electron chi connectivity index (χ4n) is 3.05. The number of hydrogen-bond acceptors (Lipinski definition) is 6. The number of rotatable bonds is 6. The van der Waals surface area contributed by atoms with Crippen molar-refractivity contribution in [3.63, 3.8) is 0 Å². The van der Waals surface area contributed by atoms with Crippen molar-refractivity contribution in [2.75, 3.05) is 42.3 Å². The number of nitrogens with two attached hydrogens (primary N) is 3. The van der Waals surface area contributed by atoms with Gasteiger partial charge in [-0.3, -0.25) is 9.62 Å². The number of anilines is 2. The number of allylic oxidation sites excluding steroid dienone is 1. The van der Waals surface area contributed by atoms with Gasteiger partial charge in [0.25, 0.3) is 0 Å². The van der Waals surface area contributed by atoms with Crippen molar-refractivity contribution < 1.29 is 14.9 Å². The number of benzene rings is 1. The van der Waals surface area contributed by atoms with Gasteiger partial charge in [-0.1, -0.05) is 6.07 Å². The fraction of sp³-hybridized carbons (Fsp3) is 0.263. The smallest absolute Gasteiger partial charge is 0.232 e. The van der Waals surface area contributed by atoms with Crippen molar-refractivity contribution >= 4 is 39.8 Å². The summed E-state index contributed by atoms with van der Waals surface area (Å²) < 4.78 is 11.6. The van der Waals surface area contributed by atoms with Crippen LogP contribution in [0.4, 0.5) is 11.5 Å². The molecule has 0 atom stereocenters. The lowest BCUT2D eigenvalue weighted by Crippen LogP contribution is -2.72. The summed E-state index contributed by atoms with van der Waals surface area (Å²) >= 11 is 0. The third-order valence-corrected chi connectivity index (χ3v) is 5.88. The maximum Gasteiger partial charge on any atom is 0.232 e. The number of hydrogen-bond donors (Lipinski definition) is 4. The number of nitrogens with one attached hydrogen (secondary N) is 1. The molecule has 8 nitrogen and oxygen atoms in total. The van der Waals surface area contributed by atoms with Gasteiger partial charge in [0, 0.05) is 53.4 Å². The Balaban J connectivity index is 1.92. The highest BCUT2D eigenvalue weighted by Crippen LogP contribution is 2.22. The first-order chi connectivity index (χ1) is 13.5. The van der Waals surface area contributed by atoms with E-state index < -0.39 is 10.8 Å². The Morgan fingerprint density at radius 3 is 2.75 bits per heavy atom. The van der Waals surface area contributed by atoms with Crippen LogP contribution in [0.5, 0.6) is 0 Å². The first-order valence-corrected chi connectivity index (χ1v) is 10.5. The van der Waals surface area contributed by atoms with Crippen LogP contribution in [0.15, 0.2) is 36.8 Å². The van der Waals surface area contributed by atoms with Crippen molar-refractivity contribution in [1.29, 1.82) is 5.41 Å². The van der Waals surface area contributed by atoms with Crippen LogP contribution in [0.3, 0.4) is 0 Å². The molecule has 1 aromatic carbocycles. The Hall–Kier alpha value is -2.91. The molecule has 1 saturated heterocycles. The summed E-state index contributed by atoms with van der Waals surface area (Å²) in [7, 11) is 1.15. The standard InChI is InChI=1S/C19H23N7OS/c1-23-11-14(10-20)13-2-3-16(21)15(8-13)19(22)17-9-18(25-12-24-17)26-4-6-28(27)7-5-26/h2-3,8-12,20,22-23H,4-7,21H2,1H3/p+2/b14-11+,20-10?,22-19?. The Bertz CT molecular complexity index is 947. The molecule has 3 rings (SSSR count). The van der Waals surface area contributed by atoms with Gasteiger partial charge in [-0.05, 0) is 17.7 Å². The molecule has 1 fully saturated rings. The van der Waals surface area contributed by atoms with Crippen LogP contribution in [-0.4, -0.2) is 57.7 Å². The molecule has 28 heavy (non-hydrogen) atoms. The first kappa shape index (κ1) is 19.8. The molecule has 146 valence electrons. The minimum atomic E-state index is -0.749. The zero-order chi connectivity index (χ0) is 20.1. The summed E-state index contributed by atoms with van der Waals surface area (Å²) in [5, 5.41) is 15.9. The zero-order valence-corrected chi connectivity index (χ0v) is 16.6. The largest absolute Gasteiger partial charge is 0.398 e. The highest BCUT2D eigenvalue weighted by atomic mass is 32.2. The summed E-state index contributed by atoms with van der Waals surface area (Å²) in [6.45, 7) is 1.39. The van der Waals surface area contributed by atoms with E-state index >= 15 is 0 Å². The Kier molecular flexibility index (Phi) is 6.27. The highest BCUT2D eigenvalue weighted by Gasteiger charge is 2.21. The van der Waals surface area contributed by atoms with Crippen molar-refractivity contribution in [2.24, 2.45) is 0 Å². The monoisotopic (exact) mass is 399 g/mol. The average molecular weight is 400 g/mol. The molecule has 0 amide bonds. The first-order valence-electron chi connectivity index (χ1n) is 8.98. The van der Waals surface area contributed by atoms with E-state index in [0.29, 0.717) is 47.3 Å². The predicted molar refractivity (Wildman–Crippen MR) is 113 cm³/mol. The van der Waals surface area contributed by atoms with Crippen molar-refractivity contribution in [2.45, 2.75) is 0 Å². The Labute approximate surface area is 166 Å². The van der Waals surface area contributed by atoms with Gasteiger partial charge in [-0.25, -0.2) is 9.97 Å². The van der Waals surface area contributed by atoms with Gasteiger partial charge in [0.2, 0.25) is 5.71 Å². The minimum absolute atomic E-state index is 0.452. The minimum Gasteiger partial charge on any atom is -0.398 e. The van der Waals surface area contributed by atoms with E-state index in [9.17, 15) is 4.21 Å². The van der Waals surface area contributed by atoms with E-state index in [1.54, 1.807) is 6.07 Å².